The van der Waals surface area contributed by atoms with Crippen LogP contribution in [0.1, 0.15) is 25.0 Å². The molecule has 0 spiro atoms. The standard InChI is InChI=1S/C41H30N2/c1-41(2)35-21-11-9-18-32(35)38-34(20-13-22-36(38)41)40-42-37-23-12-10-19-33(37)39(43-40)31-25-29(27-14-5-3-6-15-27)24-30(26-31)28-16-7-4-8-17-28/h3-26H,1-2H3. The molecular formula is C41H30N2. The van der Waals surface area contributed by atoms with Crippen molar-refractivity contribution in [2.75, 3.05) is 0 Å². The van der Waals surface area contributed by atoms with Crippen molar-refractivity contribution >= 4 is 10.9 Å². The maximum Gasteiger partial charge on any atom is 0.161 e. The zero-order valence-electron chi connectivity index (χ0n) is 24.3. The Morgan fingerprint density at radius 1 is 0.442 bits per heavy atom. The molecule has 0 atom stereocenters. The van der Waals surface area contributed by atoms with Gasteiger partial charge >= 0.3 is 0 Å². The minimum Gasteiger partial charge on any atom is -0.228 e. The van der Waals surface area contributed by atoms with Gasteiger partial charge in [0, 0.05) is 21.9 Å². The molecule has 2 heteroatoms. The van der Waals surface area contributed by atoms with Gasteiger partial charge in [-0.3, -0.25) is 0 Å². The van der Waals surface area contributed by atoms with Crippen LogP contribution in [0.2, 0.25) is 0 Å². The number of fused-ring (bicyclic) bond motifs is 4. The Bertz CT molecular complexity index is 2090. The lowest BCUT2D eigenvalue weighted by molar-refractivity contribution is 0.660. The van der Waals surface area contributed by atoms with Crippen molar-refractivity contribution in [3.8, 4) is 56.0 Å². The summed E-state index contributed by atoms with van der Waals surface area (Å²) < 4.78 is 0. The molecule has 1 aliphatic carbocycles. The molecule has 7 aromatic rings. The van der Waals surface area contributed by atoms with Crippen molar-refractivity contribution in [1.29, 1.82) is 0 Å². The van der Waals surface area contributed by atoms with Crippen molar-refractivity contribution in [2.45, 2.75) is 19.3 Å². The average molecular weight is 551 g/mol. The fourth-order valence-corrected chi connectivity index (χ4v) is 6.72. The molecule has 0 saturated carbocycles. The van der Waals surface area contributed by atoms with E-state index in [9.17, 15) is 0 Å². The van der Waals surface area contributed by atoms with Gasteiger partial charge in [-0.25, -0.2) is 9.97 Å². The Kier molecular flexibility index (Phi) is 5.84. The minimum atomic E-state index is -0.0871. The molecule has 8 rings (SSSR count). The first-order valence-corrected chi connectivity index (χ1v) is 14.8. The van der Waals surface area contributed by atoms with E-state index in [0.717, 1.165) is 44.7 Å². The van der Waals surface area contributed by atoms with Gasteiger partial charge in [-0.2, -0.15) is 0 Å². The summed E-state index contributed by atoms with van der Waals surface area (Å²) in [4.78, 5) is 10.6. The summed E-state index contributed by atoms with van der Waals surface area (Å²) in [5.74, 6) is 0.754. The van der Waals surface area contributed by atoms with Gasteiger partial charge in [-0.15, -0.1) is 0 Å². The smallest absolute Gasteiger partial charge is 0.161 e. The van der Waals surface area contributed by atoms with Gasteiger partial charge in [0.1, 0.15) is 0 Å². The zero-order valence-corrected chi connectivity index (χ0v) is 24.3. The molecule has 1 aliphatic rings. The Labute approximate surface area is 252 Å². The molecule has 0 unspecified atom stereocenters. The Morgan fingerprint density at radius 3 is 1.72 bits per heavy atom. The molecule has 0 aliphatic heterocycles. The monoisotopic (exact) mass is 550 g/mol. The topological polar surface area (TPSA) is 25.8 Å². The summed E-state index contributed by atoms with van der Waals surface area (Å²) in [6.45, 7) is 4.63. The van der Waals surface area contributed by atoms with Crippen LogP contribution in [0.25, 0.3) is 66.9 Å². The van der Waals surface area contributed by atoms with E-state index in [1.165, 1.54) is 33.4 Å². The van der Waals surface area contributed by atoms with Crippen LogP contribution in [0.4, 0.5) is 0 Å². The number of hydrogen-bond donors (Lipinski definition) is 0. The van der Waals surface area contributed by atoms with E-state index in [4.69, 9.17) is 9.97 Å². The molecule has 0 fully saturated rings. The van der Waals surface area contributed by atoms with Gasteiger partial charge in [-0.05, 0) is 68.8 Å². The molecule has 2 nitrogen and oxygen atoms in total. The summed E-state index contributed by atoms with van der Waals surface area (Å²) in [6, 6.07) is 51.8. The van der Waals surface area contributed by atoms with Gasteiger partial charge in [0.2, 0.25) is 0 Å². The second-order valence-corrected chi connectivity index (χ2v) is 11.8. The maximum absolute atomic E-state index is 5.40. The van der Waals surface area contributed by atoms with Gasteiger partial charge in [0.15, 0.2) is 5.82 Å². The van der Waals surface area contributed by atoms with Crippen molar-refractivity contribution in [2.24, 2.45) is 0 Å². The Balaban J connectivity index is 1.40. The van der Waals surface area contributed by atoms with Gasteiger partial charge in [0.05, 0.1) is 11.2 Å². The van der Waals surface area contributed by atoms with E-state index in [0.29, 0.717) is 0 Å². The van der Waals surface area contributed by atoms with Crippen molar-refractivity contribution in [1.82, 2.24) is 9.97 Å². The SMILES string of the molecule is CC1(C)c2ccccc2-c2c(-c3nc(-c4cc(-c5ccccc5)cc(-c5ccccc5)c4)c4ccccc4n3)cccc21. The highest BCUT2D eigenvalue weighted by Gasteiger charge is 2.37. The third-order valence-electron chi connectivity index (χ3n) is 8.87. The molecular weight excluding hydrogens is 520 g/mol. The number of aromatic nitrogens is 2. The summed E-state index contributed by atoms with van der Waals surface area (Å²) in [5.41, 5.74) is 13.8. The fraction of sp³-hybridized carbons (Fsp3) is 0.0732. The largest absolute Gasteiger partial charge is 0.228 e. The molecule has 0 radical (unpaired) electrons. The van der Waals surface area contributed by atoms with E-state index < -0.39 is 0 Å². The molecule has 0 N–H and O–H groups in total. The number of rotatable bonds is 4. The van der Waals surface area contributed by atoms with Crippen LogP contribution in [-0.2, 0) is 5.41 Å². The van der Waals surface area contributed by atoms with Gasteiger partial charge in [0.25, 0.3) is 0 Å². The van der Waals surface area contributed by atoms with Crippen LogP contribution >= 0.6 is 0 Å². The van der Waals surface area contributed by atoms with Crippen LogP contribution in [0.15, 0.2) is 146 Å². The first-order chi connectivity index (χ1) is 21.1. The summed E-state index contributed by atoms with van der Waals surface area (Å²) in [7, 11) is 0. The van der Waals surface area contributed by atoms with Crippen molar-refractivity contribution in [3.05, 3.63) is 157 Å². The lowest BCUT2D eigenvalue weighted by Crippen LogP contribution is -2.14. The molecule has 43 heavy (non-hydrogen) atoms. The van der Waals surface area contributed by atoms with E-state index in [2.05, 4.69) is 159 Å². The Morgan fingerprint density at radius 2 is 1.00 bits per heavy atom. The summed E-state index contributed by atoms with van der Waals surface area (Å²) >= 11 is 0. The molecule has 1 heterocycles. The van der Waals surface area contributed by atoms with Gasteiger partial charge in [-0.1, -0.05) is 135 Å². The second kappa shape index (κ2) is 9.89. The predicted octanol–water partition coefficient (Wildman–Crippen LogP) is 10.6. The zero-order chi connectivity index (χ0) is 29.0. The van der Waals surface area contributed by atoms with Crippen LogP contribution < -0.4 is 0 Å². The van der Waals surface area contributed by atoms with Crippen molar-refractivity contribution < 1.29 is 0 Å². The van der Waals surface area contributed by atoms with E-state index in [1.807, 2.05) is 0 Å². The van der Waals surface area contributed by atoms with E-state index >= 15 is 0 Å². The lowest BCUT2D eigenvalue weighted by atomic mass is 9.82. The quantitative estimate of drug-likeness (QED) is 0.218. The number of benzene rings is 6. The maximum atomic E-state index is 5.40. The molecule has 6 aromatic carbocycles. The highest BCUT2D eigenvalue weighted by Crippen LogP contribution is 2.51. The van der Waals surface area contributed by atoms with Gasteiger partial charge < -0.3 is 0 Å². The molecule has 0 bridgehead atoms. The number of para-hydroxylation sites is 1. The number of hydrogen-bond acceptors (Lipinski definition) is 2. The molecule has 1 aromatic heterocycles. The lowest BCUT2D eigenvalue weighted by Gasteiger charge is -2.21. The molecule has 0 saturated heterocycles. The first kappa shape index (κ1) is 25.4. The highest BCUT2D eigenvalue weighted by atomic mass is 14.9. The van der Waals surface area contributed by atoms with E-state index in [1.54, 1.807) is 0 Å². The summed E-state index contributed by atoms with van der Waals surface area (Å²) in [6.07, 6.45) is 0. The van der Waals surface area contributed by atoms with Crippen molar-refractivity contribution in [3.63, 3.8) is 0 Å². The van der Waals surface area contributed by atoms with Crippen LogP contribution in [-0.4, -0.2) is 9.97 Å². The Hall–Kier alpha value is -5.34. The normalized spacial score (nSPS) is 13.1. The molecule has 0 amide bonds. The van der Waals surface area contributed by atoms with Crippen LogP contribution in [0, 0.1) is 0 Å². The summed E-state index contributed by atoms with van der Waals surface area (Å²) in [5, 5.41) is 1.05. The minimum absolute atomic E-state index is 0.0871. The second-order valence-electron chi connectivity index (χ2n) is 11.8. The highest BCUT2D eigenvalue weighted by molar-refractivity contribution is 5.97. The average Bonchev–Trinajstić information content (AvgIpc) is 3.31. The van der Waals surface area contributed by atoms with E-state index in [-0.39, 0.29) is 5.41 Å². The molecule has 204 valence electrons. The number of nitrogens with zero attached hydrogens (tertiary/aromatic N) is 2. The van der Waals surface area contributed by atoms with Crippen LogP contribution in [0.3, 0.4) is 0 Å². The third kappa shape index (κ3) is 4.18. The predicted molar refractivity (Wildman–Crippen MR) is 179 cm³/mol. The first-order valence-electron chi connectivity index (χ1n) is 14.8. The fourth-order valence-electron chi connectivity index (χ4n) is 6.72. The third-order valence-corrected chi connectivity index (χ3v) is 8.87. The van der Waals surface area contributed by atoms with Crippen LogP contribution in [0.5, 0.6) is 0 Å².